The van der Waals surface area contributed by atoms with Crippen molar-refractivity contribution in [2.45, 2.75) is 13.0 Å². The van der Waals surface area contributed by atoms with Crippen LogP contribution in [0.3, 0.4) is 0 Å². The van der Waals surface area contributed by atoms with Crippen molar-refractivity contribution in [2.24, 2.45) is 0 Å². The van der Waals surface area contributed by atoms with Crippen molar-refractivity contribution < 1.29 is 9.53 Å². The molecule has 0 saturated carbocycles. The molecule has 7 nitrogen and oxygen atoms in total. The predicted octanol–water partition coefficient (Wildman–Crippen LogP) is 0.597. The number of nitrogens with zero attached hydrogens (tertiary/aromatic N) is 2. The summed E-state index contributed by atoms with van der Waals surface area (Å²) in [5, 5.41) is 8.96. The molecule has 0 fully saturated rings. The zero-order chi connectivity index (χ0) is 15.2. The molecule has 0 aromatic carbocycles. The summed E-state index contributed by atoms with van der Waals surface area (Å²) < 4.78 is 4.94. The van der Waals surface area contributed by atoms with Crippen LogP contribution in [0.2, 0.25) is 0 Å². The van der Waals surface area contributed by atoms with Gasteiger partial charge in [-0.3, -0.25) is 14.6 Å². The number of nitrogens with one attached hydrogen (secondary N) is 2. The number of aromatic nitrogens is 3. The highest BCUT2D eigenvalue weighted by molar-refractivity contribution is 5.94. The van der Waals surface area contributed by atoms with Crippen LogP contribution in [-0.4, -0.2) is 40.8 Å². The quantitative estimate of drug-likeness (QED) is 0.839. The molecule has 0 radical (unpaired) electrons. The van der Waals surface area contributed by atoms with Crippen molar-refractivity contribution in [3.8, 4) is 11.3 Å². The third-order valence-electron chi connectivity index (χ3n) is 2.82. The van der Waals surface area contributed by atoms with E-state index in [-0.39, 0.29) is 11.6 Å². The largest absolute Gasteiger partial charge is 0.383 e. The summed E-state index contributed by atoms with van der Waals surface area (Å²) in [5.41, 5.74) is 0.747. The first kappa shape index (κ1) is 14.9. The van der Waals surface area contributed by atoms with Gasteiger partial charge < -0.3 is 10.1 Å². The van der Waals surface area contributed by atoms with Gasteiger partial charge in [0.15, 0.2) is 0 Å². The lowest BCUT2D eigenvalue weighted by atomic mass is 10.1. The van der Waals surface area contributed by atoms with E-state index in [1.54, 1.807) is 38.6 Å². The summed E-state index contributed by atoms with van der Waals surface area (Å²) in [6.45, 7) is 2.16. The molecule has 2 heterocycles. The maximum atomic E-state index is 12.1. The number of methoxy groups -OCH3 is 1. The van der Waals surface area contributed by atoms with Crippen LogP contribution >= 0.6 is 0 Å². The van der Waals surface area contributed by atoms with Crippen molar-refractivity contribution in [1.29, 1.82) is 0 Å². The fourth-order valence-electron chi connectivity index (χ4n) is 1.84. The molecule has 2 aromatic heterocycles. The molecule has 1 atom stereocenters. The fraction of sp³-hybridized carbons (Fsp3) is 0.286. The summed E-state index contributed by atoms with van der Waals surface area (Å²) in [6.07, 6.45) is 3.23. The third kappa shape index (κ3) is 3.73. The smallest absolute Gasteiger partial charge is 0.277 e. The van der Waals surface area contributed by atoms with E-state index in [1.165, 1.54) is 6.07 Å². The van der Waals surface area contributed by atoms with Gasteiger partial charge in [-0.1, -0.05) is 0 Å². The lowest BCUT2D eigenvalue weighted by Gasteiger charge is -2.12. The van der Waals surface area contributed by atoms with E-state index < -0.39 is 11.5 Å². The van der Waals surface area contributed by atoms with Crippen molar-refractivity contribution >= 4 is 5.91 Å². The molecule has 7 heteroatoms. The standard InChI is InChI=1S/C14H16N4O3/c1-9(8-21-2)16-13(19)11-7-12(17-18-14(11)20)10-3-5-15-6-4-10/h3-7,9H,8H2,1-2H3,(H,16,19)(H,18,20)/t9-/m0/s1. The first-order chi connectivity index (χ1) is 10.1. The monoisotopic (exact) mass is 288 g/mol. The zero-order valence-electron chi connectivity index (χ0n) is 11.8. The van der Waals surface area contributed by atoms with Crippen molar-refractivity contribution in [1.82, 2.24) is 20.5 Å². The van der Waals surface area contributed by atoms with Gasteiger partial charge in [-0.2, -0.15) is 5.10 Å². The Morgan fingerprint density at radius 3 is 2.81 bits per heavy atom. The van der Waals surface area contributed by atoms with E-state index in [4.69, 9.17) is 4.74 Å². The van der Waals surface area contributed by atoms with E-state index in [0.717, 1.165) is 5.56 Å². The van der Waals surface area contributed by atoms with E-state index in [1.807, 2.05) is 0 Å². The molecule has 110 valence electrons. The number of rotatable bonds is 5. The SMILES string of the molecule is COC[C@H](C)NC(=O)c1cc(-c2ccncc2)n[nH]c1=O. The second kappa shape index (κ2) is 6.76. The highest BCUT2D eigenvalue weighted by Crippen LogP contribution is 2.14. The van der Waals surface area contributed by atoms with Crippen LogP contribution in [0.4, 0.5) is 0 Å². The van der Waals surface area contributed by atoms with Crippen LogP contribution in [-0.2, 0) is 4.74 Å². The number of carbonyl (C=O) groups is 1. The summed E-state index contributed by atoms with van der Waals surface area (Å²) in [7, 11) is 1.55. The molecule has 2 N–H and O–H groups in total. The number of carbonyl (C=O) groups excluding carboxylic acids is 1. The predicted molar refractivity (Wildman–Crippen MR) is 76.9 cm³/mol. The Morgan fingerprint density at radius 2 is 2.14 bits per heavy atom. The Morgan fingerprint density at radius 1 is 1.43 bits per heavy atom. The van der Waals surface area contributed by atoms with Crippen LogP contribution in [0.15, 0.2) is 35.4 Å². The van der Waals surface area contributed by atoms with E-state index >= 15 is 0 Å². The van der Waals surface area contributed by atoms with Gasteiger partial charge in [-0.25, -0.2) is 5.10 Å². The van der Waals surface area contributed by atoms with Gasteiger partial charge in [-0.05, 0) is 25.1 Å². The second-order valence-electron chi connectivity index (χ2n) is 4.56. The fourth-order valence-corrected chi connectivity index (χ4v) is 1.84. The minimum Gasteiger partial charge on any atom is -0.383 e. The Balaban J connectivity index is 2.28. The van der Waals surface area contributed by atoms with Gasteiger partial charge in [0, 0.05) is 31.1 Å². The first-order valence-electron chi connectivity index (χ1n) is 6.41. The summed E-state index contributed by atoms with van der Waals surface area (Å²) in [6, 6.07) is 4.76. The topological polar surface area (TPSA) is 97.0 Å². The average Bonchev–Trinajstić information content (AvgIpc) is 2.48. The zero-order valence-corrected chi connectivity index (χ0v) is 11.8. The van der Waals surface area contributed by atoms with Gasteiger partial charge in [0.05, 0.1) is 12.3 Å². The number of hydrogen-bond acceptors (Lipinski definition) is 5. The minimum absolute atomic E-state index is 0.0137. The molecule has 2 rings (SSSR count). The molecule has 0 aliphatic carbocycles. The van der Waals surface area contributed by atoms with Crippen LogP contribution in [0, 0.1) is 0 Å². The molecule has 0 bridgehead atoms. The van der Waals surface area contributed by atoms with Gasteiger partial charge in [0.2, 0.25) is 0 Å². The number of aromatic amines is 1. The number of ether oxygens (including phenoxy) is 1. The number of H-pyrrole nitrogens is 1. The van der Waals surface area contributed by atoms with Gasteiger partial charge in [-0.15, -0.1) is 0 Å². The first-order valence-corrected chi connectivity index (χ1v) is 6.41. The number of hydrogen-bond donors (Lipinski definition) is 2. The molecule has 0 saturated heterocycles. The maximum Gasteiger partial charge on any atom is 0.277 e. The molecule has 0 aliphatic heterocycles. The highest BCUT2D eigenvalue weighted by Gasteiger charge is 2.15. The van der Waals surface area contributed by atoms with Gasteiger partial charge >= 0.3 is 0 Å². The van der Waals surface area contributed by atoms with Crippen LogP contribution < -0.4 is 10.9 Å². The van der Waals surface area contributed by atoms with Gasteiger partial charge in [0.1, 0.15) is 5.56 Å². The number of amides is 1. The molecular formula is C14H16N4O3. The Hall–Kier alpha value is -2.54. The Kier molecular flexibility index (Phi) is 4.78. The normalized spacial score (nSPS) is 11.9. The lowest BCUT2D eigenvalue weighted by Crippen LogP contribution is -2.38. The summed E-state index contributed by atoms with van der Waals surface area (Å²) in [4.78, 5) is 27.8. The average molecular weight is 288 g/mol. The summed E-state index contributed by atoms with van der Waals surface area (Å²) >= 11 is 0. The molecule has 0 aliphatic rings. The Bertz CT molecular complexity index is 669. The molecule has 1 amide bonds. The third-order valence-corrected chi connectivity index (χ3v) is 2.82. The molecule has 0 spiro atoms. The Labute approximate surface area is 121 Å². The van der Waals surface area contributed by atoms with Crippen LogP contribution in [0.25, 0.3) is 11.3 Å². The van der Waals surface area contributed by atoms with Crippen molar-refractivity contribution in [3.63, 3.8) is 0 Å². The number of pyridine rings is 1. The van der Waals surface area contributed by atoms with Gasteiger partial charge in [0.25, 0.3) is 11.5 Å². The minimum atomic E-state index is -0.532. The lowest BCUT2D eigenvalue weighted by molar-refractivity contribution is 0.0904. The molecule has 2 aromatic rings. The molecular weight excluding hydrogens is 272 g/mol. The highest BCUT2D eigenvalue weighted by atomic mass is 16.5. The van der Waals surface area contributed by atoms with Crippen molar-refractivity contribution in [3.05, 3.63) is 46.5 Å². The van der Waals surface area contributed by atoms with E-state index in [2.05, 4.69) is 20.5 Å². The molecule has 21 heavy (non-hydrogen) atoms. The van der Waals surface area contributed by atoms with Crippen molar-refractivity contribution in [2.75, 3.05) is 13.7 Å². The van der Waals surface area contributed by atoms with Crippen LogP contribution in [0.5, 0.6) is 0 Å². The second-order valence-corrected chi connectivity index (χ2v) is 4.56. The molecule has 0 unspecified atom stereocenters. The summed E-state index contributed by atoms with van der Waals surface area (Å²) in [5.74, 6) is -0.460. The van der Waals surface area contributed by atoms with E-state index in [0.29, 0.717) is 12.3 Å². The van der Waals surface area contributed by atoms with Crippen LogP contribution in [0.1, 0.15) is 17.3 Å². The van der Waals surface area contributed by atoms with E-state index in [9.17, 15) is 9.59 Å². The maximum absolute atomic E-state index is 12.1.